The monoisotopic (exact) mass is 327 g/mol. The SMILES string of the molecule is Cc1[nH]c2ccccc2c1CC(=O)NCc1cn(CC(=O)O)nn1. The second-order valence-electron chi connectivity index (χ2n) is 5.53. The molecule has 3 aromatic rings. The number of carboxylic acids is 1. The van der Waals surface area contributed by atoms with E-state index in [0.29, 0.717) is 5.69 Å². The zero-order valence-electron chi connectivity index (χ0n) is 13.1. The lowest BCUT2D eigenvalue weighted by Gasteiger charge is -2.03. The lowest BCUT2D eigenvalue weighted by molar-refractivity contribution is -0.138. The van der Waals surface area contributed by atoms with E-state index < -0.39 is 5.97 Å². The van der Waals surface area contributed by atoms with Gasteiger partial charge in [0.15, 0.2) is 0 Å². The van der Waals surface area contributed by atoms with Gasteiger partial charge in [0.05, 0.1) is 19.2 Å². The molecular formula is C16H17N5O3. The van der Waals surface area contributed by atoms with Crippen LogP contribution in [-0.4, -0.2) is 37.0 Å². The van der Waals surface area contributed by atoms with Gasteiger partial charge in [-0.25, -0.2) is 4.68 Å². The average molecular weight is 327 g/mol. The number of rotatable bonds is 6. The lowest BCUT2D eigenvalue weighted by atomic mass is 10.1. The zero-order chi connectivity index (χ0) is 17.1. The fourth-order valence-electron chi connectivity index (χ4n) is 2.61. The number of aromatic nitrogens is 4. The maximum atomic E-state index is 12.2. The van der Waals surface area contributed by atoms with Gasteiger partial charge in [0.25, 0.3) is 0 Å². The van der Waals surface area contributed by atoms with Gasteiger partial charge >= 0.3 is 5.97 Å². The Hall–Kier alpha value is -3.16. The number of H-pyrrole nitrogens is 1. The summed E-state index contributed by atoms with van der Waals surface area (Å²) in [7, 11) is 0. The molecule has 0 aliphatic carbocycles. The highest BCUT2D eigenvalue weighted by Gasteiger charge is 2.12. The van der Waals surface area contributed by atoms with Crippen LogP contribution in [0.3, 0.4) is 0 Å². The first kappa shape index (κ1) is 15.7. The number of nitrogens with one attached hydrogen (secondary N) is 2. The molecule has 0 fully saturated rings. The Kier molecular flexibility index (Phi) is 4.28. The molecule has 0 unspecified atom stereocenters. The molecule has 2 heterocycles. The number of aliphatic carboxylic acids is 1. The maximum Gasteiger partial charge on any atom is 0.325 e. The fourth-order valence-corrected chi connectivity index (χ4v) is 2.61. The van der Waals surface area contributed by atoms with Gasteiger partial charge in [-0.3, -0.25) is 9.59 Å². The minimum atomic E-state index is -0.995. The van der Waals surface area contributed by atoms with Gasteiger partial charge in [0.2, 0.25) is 5.91 Å². The van der Waals surface area contributed by atoms with Gasteiger partial charge in [-0.05, 0) is 18.6 Å². The Bertz CT molecular complexity index is 896. The molecule has 0 aliphatic heterocycles. The molecule has 8 nitrogen and oxygen atoms in total. The van der Waals surface area contributed by atoms with Crippen molar-refractivity contribution < 1.29 is 14.7 Å². The minimum Gasteiger partial charge on any atom is -0.480 e. The molecule has 0 saturated heterocycles. The molecule has 0 saturated carbocycles. The molecule has 3 rings (SSSR count). The first-order valence-corrected chi connectivity index (χ1v) is 7.46. The number of amides is 1. The first-order chi connectivity index (χ1) is 11.5. The Morgan fingerprint density at radius 1 is 1.33 bits per heavy atom. The highest BCUT2D eigenvalue weighted by molar-refractivity contribution is 5.90. The van der Waals surface area contributed by atoms with Crippen molar-refractivity contribution >= 4 is 22.8 Å². The van der Waals surface area contributed by atoms with Crippen molar-refractivity contribution in [2.24, 2.45) is 0 Å². The average Bonchev–Trinajstić information content (AvgIpc) is 3.10. The standard InChI is InChI=1S/C16H17N5O3/c1-10-13(12-4-2-3-5-14(12)18-10)6-15(22)17-7-11-8-21(20-19-11)9-16(23)24/h2-5,8,18H,6-7,9H2,1H3,(H,17,22)(H,23,24). The third-order valence-electron chi connectivity index (χ3n) is 3.71. The smallest absolute Gasteiger partial charge is 0.325 e. The van der Waals surface area contributed by atoms with Crippen LogP contribution in [-0.2, 0) is 29.1 Å². The van der Waals surface area contributed by atoms with Gasteiger partial charge in [-0.15, -0.1) is 5.10 Å². The third kappa shape index (κ3) is 3.43. The lowest BCUT2D eigenvalue weighted by Crippen LogP contribution is -2.25. The predicted molar refractivity (Wildman–Crippen MR) is 86.2 cm³/mol. The number of aromatic amines is 1. The van der Waals surface area contributed by atoms with Crippen LogP contribution in [0.25, 0.3) is 10.9 Å². The Morgan fingerprint density at radius 3 is 2.92 bits per heavy atom. The summed E-state index contributed by atoms with van der Waals surface area (Å²) in [4.78, 5) is 26.1. The topological polar surface area (TPSA) is 113 Å². The van der Waals surface area contributed by atoms with Gasteiger partial charge < -0.3 is 15.4 Å². The van der Waals surface area contributed by atoms with Crippen LogP contribution in [0.15, 0.2) is 30.5 Å². The molecule has 0 aliphatic rings. The molecule has 0 atom stereocenters. The molecule has 124 valence electrons. The van der Waals surface area contributed by atoms with Crippen molar-refractivity contribution in [2.75, 3.05) is 0 Å². The number of carbonyl (C=O) groups excluding carboxylic acids is 1. The van der Waals surface area contributed by atoms with Crippen LogP contribution in [0, 0.1) is 6.92 Å². The summed E-state index contributed by atoms with van der Waals surface area (Å²) in [6.07, 6.45) is 1.77. The Labute approximate surface area is 137 Å². The van der Waals surface area contributed by atoms with E-state index in [0.717, 1.165) is 22.2 Å². The van der Waals surface area contributed by atoms with Crippen molar-refractivity contribution in [1.82, 2.24) is 25.3 Å². The summed E-state index contributed by atoms with van der Waals surface area (Å²) in [5.74, 6) is -1.12. The van der Waals surface area contributed by atoms with E-state index >= 15 is 0 Å². The van der Waals surface area contributed by atoms with Gasteiger partial charge in [-0.2, -0.15) is 0 Å². The molecule has 1 aromatic carbocycles. The van der Waals surface area contributed by atoms with Gasteiger partial charge in [0, 0.05) is 16.6 Å². The van der Waals surface area contributed by atoms with Crippen molar-refractivity contribution in [3.63, 3.8) is 0 Å². The number of carbonyl (C=O) groups is 2. The zero-order valence-corrected chi connectivity index (χ0v) is 13.1. The quantitative estimate of drug-likeness (QED) is 0.625. The number of benzene rings is 1. The summed E-state index contributed by atoms with van der Waals surface area (Å²) >= 11 is 0. The number of hydrogen-bond acceptors (Lipinski definition) is 4. The second kappa shape index (κ2) is 6.53. The predicted octanol–water partition coefficient (Wildman–Crippen LogP) is 1.01. The van der Waals surface area contributed by atoms with E-state index in [1.807, 2.05) is 31.2 Å². The van der Waals surface area contributed by atoms with Gasteiger partial charge in [0.1, 0.15) is 12.2 Å². The molecule has 3 N–H and O–H groups in total. The summed E-state index contributed by atoms with van der Waals surface area (Å²) in [6, 6.07) is 7.85. The molecule has 0 spiro atoms. The number of carboxylic acid groups (broad SMARTS) is 1. The Balaban J connectivity index is 1.62. The number of hydrogen-bond donors (Lipinski definition) is 3. The van der Waals surface area contributed by atoms with Crippen molar-refractivity contribution in [3.05, 3.63) is 47.4 Å². The van der Waals surface area contributed by atoms with E-state index in [9.17, 15) is 9.59 Å². The van der Waals surface area contributed by atoms with E-state index in [4.69, 9.17) is 5.11 Å². The van der Waals surface area contributed by atoms with Crippen LogP contribution < -0.4 is 5.32 Å². The molecule has 0 radical (unpaired) electrons. The highest BCUT2D eigenvalue weighted by atomic mass is 16.4. The normalized spacial score (nSPS) is 10.9. The van der Waals surface area contributed by atoms with Crippen LogP contribution in [0.5, 0.6) is 0 Å². The fraction of sp³-hybridized carbons (Fsp3) is 0.250. The third-order valence-corrected chi connectivity index (χ3v) is 3.71. The summed E-state index contributed by atoms with van der Waals surface area (Å²) in [6.45, 7) is 1.90. The first-order valence-electron chi connectivity index (χ1n) is 7.46. The van der Waals surface area contributed by atoms with Gasteiger partial charge in [-0.1, -0.05) is 23.4 Å². The summed E-state index contributed by atoms with van der Waals surface area (Å²) < 4.78 is 1.22. The van der Waals surface area contributed by atoms with Crippen molar-refractivity contribution in [2.45, 2.75) is 26.4 Å². The van der Waals surface area contributed by atoms with Crippen LogP contribution >= 0.6 is 0 Å². The number of para-hydroxylation sites is 1. The number of fused-ring (bicyclic) bond motifs is 1. The van der Waals surface area contributed by atoms with Crippen LogP contribution in [0.2, 0.25) is 0 Å². The minimum absolute atomic E-state index is 0.129. The number of nitrogens with zero attached hydrogens (tertiary/aromatic N) is 3. The Morgan fingerprint density at radius 2 is 2.12 bits per heavy atom. The molecule has 24 heavy (non-hydrogen) atoms. The molecular weight excluding hydrogens is 310 g/mol. The highest BCUT2D eigenvalue weighted by Crippen LogP contribution is 2.22. The molecule has 2 aromatic heterocycles. The molecule has 1 amide bonds. The van der Waals surface area contributed by atoms with Crippen molar-refractivity contribution in [3.8, 4) is 0 Å². The molecule has 0 bridgehead atoms. The van der Waals surface area contributed by atoms with Crippen LogP contribution in [0.4, 0.5) is 0 Å². The largest absolute Gasteiger partial charge is 0.480 e. The van der Waals surface area contributed by atoms with E-state index in [1.54, 1.807) is 0 Å². The van der Waals surface area contributed by atoms with Crippen molar-refractivity contribution in [1.29, 1.82) is 0 Å². The van der Waals surface area contributed by atoms with E-state index in [1.165, 1.54) is 10.9 Å². The maximum absolute atomic E-state index is 12.2. The molecule has 8 heteroatoms. The summed E-state index contributed by atoms with van der Waals surface area (Å²) in [5, 5.41) is 20.0. The second-order valence-corrected chi connectivity index (χ2v) is 5.53. The van der Waals surface area contributed by atoms with Crippen LogP contribution in [0.1, 0.15) is 17.0 Å². The number of aryl methyl sites for hydroxylation is 1. The van der Waals surface area contributed by atoms with E-state index in [2.05, 4.69) is 20.6 Å². The van der Waals surface area contributed by atoms with E-state index in [-0.39, 0.29) is 25.4 Å². The summed E-state index contributed by atoms with van der Waals surface area (Å²) in [5.41, 5.74) is 3.46.